The number of anilines is 2. The summed E-state index contributed by atoms with van der Waals surface area (Å²) in [7, 11) is 0. The van der Waals surface area contributed by atoms with E-state index in [-0.39, 0.29) is 19.0 Å². The summed E-state index contributed by atoms with van der Waals surface area (Å²) in [5.41, 5.74) is 3.31. The van der Waals surface area contributed by atoms with Crippen LogP contribution in [0.3, 0.4) is 0 Å². The van der Waals surface area contributed by atoms with Crippen LogP contribution in [-0.4, -0.2) is 23.1 Å². The zero-order valence-electron chi connectivity index (χ0n) is 10.4. The minimum Gasteiger partial charge on any atom is -0.330 e. The third-order valence-electron chi connectivity index (χ3n) is 2.40. The van der Waals surface area contributed by atoms with Gasteiger partial charge in [0.05, 0.1) is 12.1 Å². The molecule has 0 radical (unpaired) electrons. The quantitative estimate of drug-likeness (QED) is 0.446. The maximum Gasteiger partial charge on any atom is 0.148 e. The van der Waals surface area contributed by atoms with Crippen molar-refractivity contribution in [2.75, 3.05) is 23.4 Å². The fourth-order valence-electron chi connectivity index (χ4n) is 1.66. The molecule has 1 rings (SSSR count). The molecule has 1 heterocycles. The Morgan fingerprint density at radius 1 is 1.33 bits per heavy atom. The number of aromatic nitrogens is 2. The molecular weight excluding hydrogens is 230 g/mol. The van der Waals surface area contributed by atoms with Crippen molar-refractivity contribution in [2.24, 2.45) is 5.84 Å². The zero-order chi connectivity index (χ0) is 13.5. The first-order valence-corrected chi connectivity index (χ1v) is 5.46. The molecule has 1 aromatic rings. The lowest BCUT2D eigenvalue weighted by Crippen LogP contribution is -2.27. The van der Waals surface area contributed by atoms with Crippen LogP contribution in [0.1, 0.15) is 25.3 Å². The summed E-state index contributed by atoms with van der Waals surface area (Å²) in [6.45, 7) is 4.13. The molecule has 0 saturated heterocycles. The second-order valence-corrected chi connectivity index (χ2v) is 3.93. The van der Waals surface area contributed by atoms with Gasteiger partial charge in [-0.05, 0) is 5.92 Å². The fraction of sp³-hybridized carbons (Fsp3) is 0.455. The van der Waals surface area contributed by atoms with Crippen molar-refractivity contribution in [3.63, 3.8) is 0 Å². The van der Waals surface area contributed by atoms with Crippen molar-refractivity contribution in [3.05, 3.63) is 11.9 Å². The summed E-state index contributed by atoms with van der Waals surface area (Å²) in [4.78, 5) is 9.80. The van der Waals surface area contributed by atoms with E-state index in [0.29, 0.717) is 11.6 Å². The van der Waals surface area contributed by atoms with Gasteiger partial charge in [0.2, 0.25) is 0 Å². The lowest BCUT2D eigenvalue weighted by molar-refractivity contribution is 0.818. The van der Waals surface area contributed by atoms with Crippen LogP contribution in [0.2, 0.25) is 0 Å². The Morgan fingerprint density at radius 3 is 2.39 bits per heavy atom. The van der Waals surface area contributed by atoms with Crippen LogP contribution in [-0.2, 0) is 0 Å². The first-order valence-electron chi connectivity index (χ1n) is 5.46. The van der Waals surface area contributed by atoms with E-state index in [2.05, 4.69) is 15.4 Å². The molecule has 0 aliphatic rings. The predicted molar refractivity (Wildman–Crippen MR) is 67.4 cm³/mol. The highest BCUT2D eigenvalue weighted by molar-refractivity contribution is 5.60. The molecule has 1 aromatic heterocycles. The highest BCUT2D eigenvalue weighted by Crippen LogP contribution is 2.29. The zero-order valence-corrected chi connectivity index (χ0v) is 10.4. The molecule has 0 spiro atoms. The van der Waals surface area contributed by atoms with Crippen LogP contribution >= 0.6 is 0 Å². The Kier molecular flexibility index (Phi) is 4.85. The molecule has 18 heavy (non-hydrogen) atoms. The van der Waals surface area contributed by atoms with Crippen LogP contribution in [0.4, 0.5) is 11.6 Å². The molecule has 0 unspecified atom stereocenters. The molecule has 7 heteroatoms. The highest BCUT2D eigenvalue weighted by Gasteiger charge is 2.19. The molecule has 0 amide bonds. The Hall–Kier alpha value is -2.38. The van der Waals surface area contributed by atoms with Crippen molar-refractivity contribution in [2.45, 2.75) is 19.8 Å². The number of rotatable bonds is 5. The van der Waals surface area contributed by atoms with E-state index in [1.165, 1.54) is 6.33 Å². The number of nitrogens with two attached hydrogens (primary N) is 1. The number of hydrogen-bond donors (Lipinski definition) is 2. The van der Waals surface area contributed by atoms with Gasteiger partial charge in [-0.15, -0.1) is 0 Å². The topological polar surface area (TPSA) is 115 Å². The standard InChI is InChI=1S/C11H15N7/c1-8(2)9-10(17-14)15-7-16-11(9)18(5-3-12)6-4-13/h7-8H,5-6,14H2,1-2H3,(H,15,16,17). The van der Waals surface area contributed by atoms with Crippen LogP contribution in [0.5, 0.6) is 0 Å². The van der Waals surface area contributed by atoms with Gasteiger partial charge in [0.1, 0.15) is 31.1 Å². The van der Waals surface area contributed by atoms with Crippen molar-refractivity contribution in [3.8, 4) is 12.1 Å². The minimum absolute atomic E-state index is 0.0916. The molecule has 0 fully saturated rings. The predicted octanol–water partition coefficient (Wildman–Crippen LogP) is 0.739. The Labute approximate surface area is 106 Å². The van der Waals surface area contributed by atoms with E-state index in [1.54, 1.807) is 4.90 Å². The highest BCUT2D eigenvalue weighted by atomic mass is 15.3. The van der Waals surface area contributed by atoms with E-state index in [0.717, 1.165) is 5.56 Å². The van der Waals surface area contributed by atoms with E-state index in [4.69, 9.17) is 16.4 Å². The molecular formula is C11H15N7. The van der Waals surface area contributed by atoms with Crippen molar-refractivity contribution in [1.82, 2.24) is 9.97 Å². The molecule has 3 N–H and O–H groups in total. The third kappa shape index (κ3) is 2.84. The number of nitrogens with zero attached hydrogens (tertiary/aromatic N) is 5. The second-order valence-electron chi connectivity index (χ2n) is 3.93. The van der Waals surface area contributed by atoms with Gasteiger partial charge in [-0.2, -0.15) is 10.5 Å². The smallest absolute Gasteiger partial charge is 0.148 e. The van der Waals surface area contributed by atoms with Crippen LogP contribution in [0.25, 0.3) is 0 Å². The van der Waals surface area contributed by atoms with Crippen molar-refractivity contribution < 1.29 is 0 Å². The van der Waals surface area contributed by atoms with Crippen LogP contribution < -0.4 is 16.2 Å². The maximum atomic E-state index is 8.80. The second kappa shape index (κ2) is 6.38. The summed E-state index contributed by atoms with van der Waals surface area (Å²) in [5, 5.41) is 17.6. The summed E-state index contributed by atoms with van der Waals surface area (Å²) in [5.74, 6) is 6.61. The number of nitrogens with one attached hydrogen (secondary N) is 1. The summed E-state index contributed by atoms with van der Waals surface area (Å²) >= 11 is 0. The minimum atomic E-state index is 0.0916. The average molecular weight is 245 g/mol. The molecule has 0 atom stereocenters. The SMILES string of the molecule is CC(C)c1c(NN)ncnc1N(CC#N)CC#N. The first-order chi connectivity index (χ1) is 8.65. The Morgan fingerprint density at radius 2 is 1.94 bits per heavy atom. The summed E-state index contributed by atoms with van der Waals surface area (Å²) in [6, 6.07) is 4.03. The normalized spacial score (nSPS) is 9.67. The van der Waals surface area contributed by atoms with Gasteiger partial charge in [-0.1, -0.05) is 13.8 Å². The van der Waals surface area contributed by atoms with E-state index < -0.39 is 0 Å². The molecule has 0 aromatic carbocycles. The van der Waals surface area contributed by atoms with Gasteiger partial charge in [0, 0.05) is 5.56 Å². The summed E-state index contributed by atoms with van der Waals surface area (Å²) in [6.07, 6.45) is 1.36. The van der Waals surface area contributed by atoms with Crippen LogP contribution in [0, 0.1) is 22.7 Å². The van der Waals surface area contributed by atoms with E-state index >= 15 is 0 Å². The largest absolute Gasteiger partial charge is 0.330 e. The molecule has 0 aliphatic heterocycles. The van der Waals surface area contributed by atoms with E-state index in [1.807, 2.05) is 26.0 Å². The lowest BCUT2D eigenvalue weighted by Gasteiger charge is -2.23. The number of nitriles is 2. The molecule has 0 aliphatic carbocycles. The monoisotopic (exact) mass is 245 g/mol. The first kappa shape index (κ1) is 13.7. The van der Waals surface area contributed by atoms with Gasteiger partial charge in [-0.3, -0.25) is 0 Å². The molecule has 0 saturated carbocycles. The van der Waals surface area contributed by atoms with Gasteiger partial charge in [-0.25, -0.2) is 15.8 Å². The number of hydrazine groups is 1. The van der Waals surface area contributed by atoms with Gasteiger partial charge in [0.25, 0.3) is 0 Å². The van der Waals surface area contributed by atoms with Gasteiger partial charge in [0.15, 0.2) is 0 Å². The lowest BCUT2D eigenvalue weighted by atomic mass is 10.0. The van der Waals surface area contributed by atoms with Crippen molar-refractivity contribution in [1.29, 1.82) is 10.5 Å². The third-order valence-corrected chi connectivity index (χ3v) is 2.40. The molecule has 94 valence electrons. The van der Waals surface area contributed by atoms with Gasteiger partial charge < -0.3 is 10.3 Å². The van der Waals surface area contributed by atoms with Gasteiger partial charge >= 0.3 is 0 Å². The fourth-order valence-corrected chi connectivity index (χ4v) is 1.66. The average Bonchev–Trinajstić information content (AvgIpc) is 2.37. The Balaban J connectivity index is 3.29. The summed E-state index contributed by atoms with van der Waals surface area (Å²) < 4.78 is 0. The maximum absolute atomic E-state index is 8.80. The van der Waals surface area contributed by atoms with E-state index in [9.17, 15) is 0 Å². The number of hydrogen-bond acceptors (Lipinski definition) is 7. The Bertz CT molecular complexity index is 467. The van der Waals surface area contributed by atoms with Crippen molar-refractivity contribution >= 4 is 11.6 Å². The number of nitrogen functional groups attached to an aromatic ring is 1. The van der Waals surface area contributed by atoms with Crippen LogP contribution in [0.15, 0.2) is 6.33 Å². The molecule has 7 nitrogen and oxygen atoms in total. The molecule has 0 bridgehead atoms.